The Morgan fingerprint density at radius 3 is 1.77 bits per heavy atom. The second kappa shape index (κ2) is 11.6. The van der Waals surface area contributed by atoms with Gasteiger partial charge in [0.2, 0.25) is 5.95 Å². The van der Waals surface area contributed by atoms with E-state index in [0.717, 1.165) is 38.2 Å². The topological polar surface area (TPSA) is 35.6 Å². The highest BCUT2D eigenvalue weighted by atomic mass is 32.1. The Hall–Kier alpha value is -7.34. The van der Waals surface area contributed by atoms with E-state index in [0.29, 0.717) is 5.95 Å². The van der Waals surface area contributed by atoms with Gasteiger partial charge in [0.1, 0.15) is 4.83 Å². The minimum Gasteiger partial charge on any atom is -0.309 e. The van der Waals surface area contributed by atoms with E-state index in [1.54, 1.807) is 11.3 Å². The first kappa shape index (κ1) is 30.9. The van der Waals surface area contributed by atoms with Crippen LogP contribution in [0.15, 0.2) is 182 Å². The van der Waals surface area contributed by atoms with Crippen molar-refractivity contribution in [2.75, 3.05) is 0 Å². The second-order valence-electron chi connectivity index (χ2n) is 15.0. The predicted octanol–water partition coefficient (Wildman–Crippen LogP) is 14.2. The molecule has 4 aromatic heterocycles. The number of thiophene rings is 1. The van der Waals surface area contributed by atoms with Crippen LogP contribution in [0.1, 0.15) is 0 Å². The van der Waals surface area contributed by atoms with Crippen LogP contribution < -0.4 is 0 Å². The molecule has 0 fully saturated rings. The third-order valence-corrected chi connectivity index (χ3v) is 13.0. The van der Waals surface area contributed by atoms with Gasteiger partial charge < -0.3 is 4.57 Å². The molecule has 0 N–H and O–H groups in total. The van der Waals surface area contributed by atoms with Gasteiger partial charge in [0.15, 0.2) is 0 Å². The first-order valence-electron chi connectivity index (χ1n) is 19.3. The zero-order valence-electron chi connectivity index (χ0n) is 30.5. The van der Waals surface area contributed by atoms with Gasteiger partial charge in [0.05, 0.1) is 27.8 Å². The monoisotopic (exact) mass is 742 g/mol. The fourth-order valence-corrected chi connectivity index (χ4v) is 10.5. The van der Waals surface area contributed by atoms with Crippen molar-refractivity contribution >= 4 is 108 Å². The molecule has 5 heteroatoms. The third-order valence-electron chi connectivity index (χ3n) is 11.9. The summed E-state index contributed by atoms with van der Waals surface area (Å²) < 4.78 is 5.89. The minimum absolute atomic E-state index is 0.669. The Bertz CT molecular complexity index is 3780. The van der Waals surface area contributed by atoms with E-state index in [4.69, 9.17) is 9.97 Å². The summed E-state index contributed by atoms with van der Waals surface area (Å²) in [5.74, 6) is 0.669. The third kappa shape index (κ3) is 4.37. The number of nitrogens with zero attached hydrogens (tertiary/aromatic N) is 4. The van der Waals surface area contributed by atoms with E-state index in [9.17, 15) is 0 Å². The van der Waals surface area contributed by atoms with E-state index < -0.39 is 0 Å². The fraction of sp³-hybridized carbons (Fsp3) is 0. The quantitative estimate of drug-likeness (QED) is 0.169. The number of aromatic nitrogens is 4. The van der Waals surface area contributed by atoms with Crippen LogP contribution in [0.3, 0.4) is 0 Å². The summed E-state index contributed by atoms with van der Waals surface area (Å²) in [6, 6.07) is 66.0. The number of para-hydroxylation sites is 2. The molecule has 9 aromatic carbocycles. The van der Waals surface area contributed by atoms with E-state index in [2.05, 4.69) is 191 Å². The van der Waals surface area contributed by atoms with Crippen LogP contribution in [0.5, 0.6) is 0 Å². The van der Waals surface area contributed by atoms with Gasteiger partial charge in [-0.25, -0.2) is 9.97 Å². The molecule has 0 aliphatic carbocycles. The lowest BCUT2D eigenvalue weighted by molar-refractivity contribution is 1.02. The maximum Gasteiger partial charge on any atom is 0.236 e. The number of benzene rings is 9. The zero-order valence-corrected chi connectivity index (χ0v) is 31.3. The van der Waals surface area contributed by atoms with Crippen LogP contribution in [0.25, 0.3) is 119 Å². The lowest BCUT2D eigenvalue weighted by Gasteiger charge is -2.12. The van der Waals surface area contributed by atoms with Crippen molar-refractivity contribution in [3.63, 3.8) is 0 Å². The van der Waals surface area contributed by atoms with Gasteiger partial charge in [0, 0.05) is 48.3 Å². The predicted molar refractivity (Wildman–Crippen MR) is 242 cm³/mol. The number of rotatable bonds is 3. The van der Waals surface area contributed by atoms with Crippen LogP contribution >= 0.6 is 11.3 Å². The van der Waals surface area contributed by atoms with E-state index in [1.807, 2.05) is 0 Å². The Labute approximate surface area is 330 Å². The number of hydrogen-bond acceptors (Lipinski definition) is 3. The highest BCUT2D eigenvalue weighted by Crippen LogP contribution is 2.43. The second-order valence-corrected chi connectivity index (χ2v) is 16.0. The van der Waals surface area contributed by atoms with Gasteiger partial charge in [-0.3, -0.25) is 4.57 Å². The van der Waals surface area contributed by atoms with Crippen molar-refractivity contribution in [3.8, 4) is 22.9 Å². The molecule has 0 amide bonds. The molecule has 13 aromatic rings. The Kier molecular flexibility index (Phi) is 6.29. The molecule has 0 saturated carbocycles. The maximum absolute atomic E-state index is 5.59. The molecular formula is C52H30N4S. The standard InChI is InChI=1S/C52H30N4S/c1-3-13-36-31(11-1)21-22-33-29-34(23-26-37(33)36)50-49-41-17-7-10-20-47(41)57-51(49)54-52(53-50)56-45-28-25-35(30-42(45)48-38-14-4-2-12-32(38)24-27-46(48)56)55-43-18-8-5-15-39(43)40-16-6-9-19-44(40)55/h1-30H. The van der Waals surface area contributed by atoms with Crippen molar-refractivity contribution in [2.45, 2.75) is 0 Å². The molecule has 0 unspecified atom stereocenters. The highest BCUT2D eigenvalue weighted by molar-refractivity contribution is 7.25. The first-order chi connectivity index (χ1) is 28.3. The van der Waals surface area contributed by atoms with Crippen molar-refractivity contribution in [2.24, 2.45) is 0 Å². The minimum atomic E-state index is 0.669. The first-order valence-corrected chi connectivity index (χ1v) is 20.1. The number of hydrogen-bond donors (Lipinski definition) is 0. The average Bonchev–Trinajstić information content (AvgIpc) is 3.93. The van der Waals surface area contributed by atoms with Crippen LogP contribution in [-0.4, -0.2) is 19.1 Å². The van der Waals surface area contributed by atoms with Crippen LogP contribution in [0, 0.1) is 0 Å². The Balaban J connectivity index is 1.12. The van der Waals surface area contributed by atoms with Crippen LogP contribution in [0.2, 0.25) is 0 Å². The molecule has 57 heavy (non-hydrogen) atoms. The average molecular weight is 743 g/mol. The molecule has 0 saturated heterocycles. The molecule has 4 nitrogen and oxygen atoms in total. The molecule has 0 bridgehead atoms. The van der Waals surface area contributed by atoms with Gasteiger partial charge in [-0.05, 0) is 80.8 Å². The summed E-state index contributed by atoms with van der Waals surface area (Å²) in [6.45, 7) is 0. The SMILES string of the molecule is c1ccc2c(c1)ccc1cc(-c3nc(-n4c5ccc(-n6c7ccccc7c7ccccc76)cc5c5c6ccccc6ccc54)nc4sc5ccccc5c34)ccc12. The summed E-state index contributed by atoms with van der Waals surface area (Å²) >= 11 is 1.74. The summed E-state index contributed by atoms with van der Waals surface area (Å²) in [7, 11) is 0. The molecule has 0 aliphatic heterocycles. The summed E-state index contributed by atoms with van der Waals surface area (Å²) in [5, 5.41) is 14.5. The van der Waals surface area contributed by atoms with Crippen LogP contribution in [0.4, 0.5) is 0 Å². The largest absolute Gasteiger partial charge is 0.309 e. The van der Waals surface area contributed by atoms with Gasteiger partial charge in [0.25, 0.3) is 0 Å². The summed E-state index contributed by atoms with van der Waals surface area (Å²) in [4.78, 5) is 12.0. The Morgan fingerprint density at radius 2 is 0.965 bits per heavy atom. The molecule has 0 radical (unpaired) electrons. The summed E-state index contributed by atoms with van der Waals surface area (Å²) in [5.41, 5.74) is 7.69. The van der Waals surface area contributed by atoms with Crippen molar-refractivity contribution in [1.29, 1.82) is 0 Å². The fourth-order valence-electron chi connectivity index (χ4n) is 9.41. The van der Waals surface area contributed by atoms with Crippen molar-refractivity contribution in [1.82, 2.24) is 19.1 Å². The zero-order chi connectivity index (χ0) is 37.2. The normalized spacial score (nSPS) is 12.2. The molecule has 0 aliphatic rings. The van der Waals surface area contributed by atoms with Gasteiger partial charge in [-0.15, -0.1) is 11.3 Å². The van der Waals surface area contributed by atoms with E-state index in [1.165, 1.54) is 75.0 Å². The van der Waals surface area contributed by atoms with Gasteiger partial charge in [-0.1, -0.05) is 133 Å². The highest BCUT2D eigenvalue weighted by Gasteiger charge is 2.22. The molecule has 0 spiro atoms. The van der Waals surface area contributed by atoms with Crippen LogP contribution in [-0.2, 0) is 0 Å². The Morgan fingerprint density at radius 1 is 0.368 bits per heavy atom. The maximum atomic E-state index is 5.59. The molecule has 264 valence electrons. The van der Waals surface area contributed by atoms with E-state index >= 15 is 0 Å². The van der Waals surface area contributed by atoms with Gasteiger partial charge >= 0.3 is 0 Å². The molecule has 0 atom stereocenters. The lowest BCUT2D eigenvalue weighted by atomic mass is 9.98. The number of fused-ring (bicyclic) bond motifs is 14. The van der Waals surface area contributed by atoms with E-state index in [-0.39, 0.29) is 0 Å². The van der Waals surface area contributed by atoms with Crippen molar-refractivity contribution in [3.05, 3.63) is 182 Å². The van der Waals surface area contributed by atoms with Crippen molar-refractivity contribution < 1.29 is 0 Å². The smallest absolute Gasteiger partial charge is 0.236 e. The molecule has 13 rings (SSSR count). The molecular weight excluding hydrogens is 713 g/mol. The summed E-state index contributed by atoms with van der Waals surface area (Å²) in [6.07, 6.45) is 0. The van der Waals surface area contributed by atoms with Gasteiger partial charge in [-0.2, -0.15) is 0 Å². The lowest BCUT2D eigenvalue weighted by Crippen LogP contribution is -2.03. The molecule has 4 heterocycles.